The summed E-state index contributed by atoms with van der Waals surface area (Å²) in [4.78, 5) is 80.6. The smallest absolute Gasteiger partial charge is 0.271 e. The number of ether oxygens (including phenoxy) is 3. The molecule has 0 aliphatic rings. The van der Waals surface area contributed by atoms with Crippen molar-refractivity contribution in [1.29, 1.82) is 5.26 Å². The van der Waals surface area contributed by atoms with Crippen LogP contribution in [0.4, 0.5) is 0 Å². The number of hydrogen-bond acceptors (Lipinski definition) is 10. The maximum Gasteiger partial charge on any atom is 0.271 e. The maximum atomic E-state index is 12.1. The van der Waals surface area contributed by atoms with Gasteiger partial charge in [-0.15, -0.1) is 0 Å². The Bertz CT molecular complexity index is 2790. The number of nitriles is 1. The molecular weight excluding hydrogens is 956 g/mol. The third-order valence-corrected chi connectivity index (χ3v) is 11.2. The zero-order valence-corrected chi connectivity index (χ0v) is 43.3. The number of hydrogen-bond donors (Lipinski definition) is 9. The fraction of sp³-hybridized carbons (Fsp3) is 0.302. The topological polar surface area (TPSA) is 273 Å². The number of aromatic nitrogens is 3. The molecule has 6 rings (SSSR count). The molecule has 6 amide bonds. The van der Waals surface area contributed by atoms with Crippen molar-refractivity contribution in [2.24, 2.45) is 0 Å². The number of carbonyl (C=O) groups is 6. The lowest BCUT2D eigenvalue weighted by Gasteiger charge is -2.17. The lowest BCUT2D eigenvalue weighted by molar-refractivity contribution is 0.0935. The Balaban J connectivity index is 0.000000237. The molecule has 0 saturated carbocycles. The monoisotopic (exact) mass is 1020 g/mol. The lowest BCUT2D eigenvalue weighted by Crippen LogP contribution is -2.23. The molecule has 9 N–H and O–H groups in total. The van der Waals surface area contributed by atoms with Crippen molar-refractivity contribution < 1.29 is 43.0 Å². The number of benzene rings is 3. The van der Waals surface area contributed by atoms with Crippen LogP contribution in [0.25, 0.3) is 0 Å². The van der Waals surface area contributed by atoms with Crippen molar-refractivity contribution in [2.45, 2.75) is 66.8 Å². The van der Waals surface area contributed by atoms with Gasteiger partial charge in [-0.2, -0.15) is 5.26 Å². The number of amides is 6. The first kappa shape index (κ1) is 57.1. The highest BCUT2D eigenvalue weighted by molar-refractivity contribution is 6.31. The minimum atomic E-state index is -0.408. The first-order valence-corrected chi connectivity index (χ1v) is 23.8. The van der Waals surface area contributed by atoms with E-state index in [-0.39, 0.29) is 81.9 Å². The Morgan fingerprint density at radius 2 is 0.918 bits per heavy atom. The average molecular weight is 1020 g/mol. The van der Waals surface area contributed by atoms with Gasteiger partial charge in [-0.1, -0.05) is 66.2 Å². The van der Waals surface area contributed by atoms with E-state index < -0.39 is 6.10 Å². The molecule has 3 unspecified atom stereocenters. The zero-order chi connectivity index (χ0) is 53.8. The van der Waals surface area contributed by atoms with Gasteiger partial charge in [-0.3, -0.25) is 28.8 Å². The van der Waals surface area contributed by atoms with Crippen LogP contribution in [0.1, 0.15) is 151 Å². The standard InChI is InChI=1S/C18H20N4O3.C18H23N3O3.C17H20ClN3O3/c1-4-21-17(23)14-9-15(16(22-14)18(24)20-3)25-11(2)13-7-5-6-12(8-13)10-19;1-5-20-17(22)14-10-15(16(21-14)18(23)19-4)24-12(3)13-9-7-6-8-11(13)2;1-4-20-16(22)13-9-14(15(21-13)17(23)19-3)24-10(2)11-7-5-6-8-12(11)18/h5-9,11,22H,4H2,1-3H3,(H,20,24)(H,21,23);6-10,12,21H,5H2,1-4H3,(H,19,23)(H,20,22);5-10,21H,4H2,1-3H3,(H,19,23)(H,20,22). The Labute approximate surface area is 429 Å². The number of carbonyl (C=O) groups excluding carboxylic acids is 6. The minimum absolute atomic E-state index is 0.173. The predicted octanol–water partition coefficient (Wildman–Crippen LogP) is 7.63. The minimum Gasteiger partial charge on any atom is -0.484 e. The van der Waals surface area contributed by atoms with E-state index in [9.17, 15) is 28.8 Å². The fourth-order valence-electron chi connectivity index (χ4n) is 7.08. The van der Waals surface area contributed by atoms with Gasteiger partial charge in [0.2, 0.25) is 0 Å². The second-order valence-electron chi connectivity index (χ2n) is 16.0. The van der Waals surface area contributed by atoms with E-state index >= 15 is 0 Å². The highest BCUT2D eigenvalue weighted by Crippen LogP contribution is 2.31. The van der Waals surface area contributed by atoms with E-state index in [1.807, 2.05) is 97.0 Å². The molecule has 3 aromatic heterocycles. The van der Waals surface area contributed by atoms with Crippen LogP contribution in [0.2, 0.25) is 5.02 Å². The molecule has 0 spiro atoms. The number of aryl methyl sites for hydroxylation is 1. The van der Waals surface area contributed by atoms with E-state index in [1.165, 1.54) is 33.3 Å². The van der Waals surface area contributed by atoms with Crippen molar-refractivity contribution in [3.63, 3.8) is 0 Å². The maximum absolute atomic E-state index is 12.1. The summed E-state index contributed by atoms with van der Waals surface area (Å²) >= 11 is 6.18. The molecule has 0 saturated heterocycles. The summed E-state index contributed by atoms with van der Waals surface area (Å²) in [6, 6.07) is 28.9. The fourth-order valence-corrected chi connectivity index (χ4v) is 7.37. The molecule has 73 heavy (non-hydrogen) atoms. The number of aromatic amines is 3. The highest BCUT2D eigenvalue weighted by Gasteiger charge is 2.25. The number of nitrogens with zero attached hydrogens (tertiary/aromatic N) is 1. The molecule has 386 valence electrons. The molecule has 3 heterocycles. The predicted molar refractivity (Wildman–Crippen MR) is 277 cm³/mol. The third-order valence-electron chi connectivity index (χ3n) is 10.8. The van der Waals surface area contributed by atoms with Crippen LogP contribution in [0.15, 0.2) is 91.0 Å². The molecule has 0 radical (unpaired) electrons. The SMILES string of the molecule is CCNC(=O)c1cc(OC(C)c2cccc(C#N)c2)c(C(=O)NC)[nH]1.CCNC(=O)c1cc(OC(C)c2ccccc2C)c(C(=O)NC)[nH]1.CCNC(=O)c1cc(OC(C)c2ccccc2Cl)c(C(=O)NC)[nH]1. The number of H-pyrrole nitrogens is 3. The van der Waals surface area contributed by atoms with Gasteiger partial charge in [0.05, 0.1) is 11.6 Å². The van der Waals surface area contributed by atoms with Crippen molar-refractivity contribution in [1.82, 2.24) is 46.9 Å². The molecular formula is C53H63ClN10O9. The summed E-state index contributed by atoms with van der Waals surface area (Å²) in [5.41, 5.74) is 5.64. The molecule has 20 heteroatoms. The summed E-state index contributed by atoms with van der Waals surface area (Å²) in [6.45, 7) is 14.5. The first-order chi connectivity index (χ1) is 34.9. The molecule has 6 aromatic rings. The van der Waals surface area contributed by atoms with Crippen LogP contribution >= 0.6 is 11.6 Å². The normalized spacial score (nSPS) is 11.5. The Kier molecular flexibility index (Phi) is 21.7. The van der Waals surface area contributed by atoms with E-state index in [1.54, 1.807) is 30.3 Å². The van der Waals surface area contributed by atoms with Gasteiger partial charge in [0.25, 0.3) is 35.4 Å². The Hall–Kier alpha value is -8.50. The molecule has 3 aromatic carbocycles. The van der Waals surface area contributed by atoms with E-state index in [0.717, 1.165) is 22.3 Å². The second kappa shape index (κ2) is 27.8. The summed E-state index contributed by atoms with van der Waals surface area (Å²) in [6.07, 6.45) is -1.05. The average Bonchev–Trinajstić information content (AvgIpc) is 4.14. The summed E-state index contributed by atoms with van der Waals surface area (Å²) < 4.78 is 17.7. The van der Waals surface area contributed by atoms with Gasteiger partial charge in [-0.05, 0) is 83.4 Å². The van der Waals surface area contributed by atoms with Gasteiger partial charge < -0.3 is 61.1 Å². The van der Waals surface area contributed by atoms with Crippen LogP contribution in [0.5, 0.6) is 17.2 Å². The summed E-state index contributed by atoms with van der Waals surface area (Å²) in [5, 5.41) is 25.2. The summed E-state index contributed by atoms with van der Waals surface area (Å²) in [7, 11) is 4.54. The molecule has 0 aliphatic carbocycles. The van der Waals surface area contributed by atoms with Crippen LogP contribution in [0.3, 0.4) is 0 Å². The quantitative estimate of drug-likeness (QED) is 0.0406. The molecule has 0 bridgehead atoms. The van der Waals surface area contributed by atoms with E-state index in [0.29, 0.717) is 47.4 Å². The Morgan fingerprint density at radius 1 is 0.534 bits per heavy atom. The van der Waals surface area contributed by atoms with Crippen molar-refractivity contribution in [3.05, 3.63) is 158 Å². The van der Waals surface area contributed by atoms with Gasteiger partial charge in [-0.25, -0.2) is 0 Å². The first-order valence-electron chi connectivity index (χ1n) is 23.4. The molecule has 0 fully saturated rings. The molecule has 3 atom stereocenters. The van der Waals surface area contributed by atoms with Crippen LogP contribution in [-0.4, -0.2) is 91.2 Å². The van der Waals surface area contributed by atoms with Crippen molar-refractivity contribution in [2.75, 3.05) is 40.8 Å². The van der Waals surface area contributed by atoms with Crippen LogP contribution < -0.4 is 46.1 Å². The number of nitrogens with one attached hydrogen (secondary N) is 9. The zero-order valence-electron chi connectivity index (χ0n) is 42.5. The molecule has 0 aliphatic heterocycles. The highest BCUT2D eigenvalue weighted by atomic mass is 35.5. The molecule has 19 nitrogen and oxygen atoms in total. The lowest BCUT2D eigenvalue weighted by atomic mass is 10.0. The van der Waals surface area contributed by atoms with Gasteiger partial charge in [0.1, 0.15) is 52.5 Å². The summed E-state index contributed by atoms with van der Waals surface area (Å²) in [5.74, 6) is -1.07. The van der Waals surface area contributed by atoms with Crippen LogP contribution in [-0.2, 0) is 0 Å². The van der Waals surface area contributed by atoms with Crippen molar-refractivity contribution >= 4 is 47.0 Å². The number of halogens is 1. The second-order valence-corrected chi connectivity index (χ2v) is 16.4. The Morgan fingerprint density at radius 3 is 1.30 bits per heavy atom. The third kappa shape index (κ3) is 15.5. The van der Waals surface area contributed by atoms with Gasteiger partial charge >= 0.3 is 0 Å². The van der Waals surface area contributed by atoms with E-state index in [2.05, 4.69) is 52.9 Å². The largest absolute Gasteiger partial charge is 0.484 e. The van der Waals surface area contributed by atoms with Crippen molar-refractivity contribution in [3.8, 4) is 23.3 Å². The van der Waals surface area contributed by atoms with Crippen LogP contribution in [0, 0.1) is 18.3 Å². The van der Waals surface area contributed by atoms with Gasteiger partial charge in [0.15, 0.2) is 17.2 Å². The van der Waals surface area contributed by atoms with Gasteiger partial charge in [0, 0.05) is 69.6 Å². The number of rotatable bonds is 18. The van der Waals surface area contributed by atoms with E-state index in [4.69, 9.17) is 31.1 Å².